The van der Waals surface area contributed by atoms with E-state index in [-0.39, 0.29) is 0 Å². The molecule has 1 aromatic rings. The number of benzene rings is 1. The Balaban J connectivity index is 2.07. The molecule has 1 aromatic carbocycles. The molecule has 0 aliphatic carbocycles. The molecule has 0 radical (unpaired) electrons. The summed E-state index contributed by atoms with van der Waals surface area (Å²) in [5.74, 6) is 0. The fourth-order valence-corrected chi connectivity index (χ4v) is 2.85. The summed E-state index contributed by atoms with van der Waals surface area (Å²) >= 11 is 7.70. The van der Waals surface area contributed by atoms with E-state index in [2.05, 4.69) is 25.2 Å². The first-order valence-corrected chi connectivity index (χ1v) is 6.91. The summed E-state index contributed by atoms with van der Waals surface area (Å²) in [5, 5.41) is 5.41. The van der Waals surface area contributed by atoms with Crippen LogP contribution in [0.4, 0.5) is 5.69 Å². The molecule has 2 rings (SSSR count). The minimum Gasteiger partial charge on any atom is -0.350 e. The molecule has 3 heteroatoms. The lowest BCUT2D eigenvalue weighted by atomic mass is 10.2. The summed E-state index contributed by atoms with van der Waals surface area (Å²) < 4.78 is 0. The Labute approximate surface area is 112 Å². The number of hydrogen-bond acceptors (Lipinski definition) is 2. The minimum atomic E-state index is 0.769. The highest BCUT2D eigenvalue weighted by atomic mass is 35.5. The van der Waals surface area contributed by atoms with Gasteiger partial charge in [0.1, 0.15) is 0 Å². The van der Waals surface area contributed by atoms with Crippen LogP contribution in [0.1, 0.15) is 26.7 Å². The van der Waals surface area contributed by atoms with Gasteiger partial charge in [-0.25, -0.2) is 0 Å². The monoisotopic (exact) mass is 265 g/mol. The average Bonchev–Trinajstić information content (AvgIpc) is 2.32. The normalized spacial score (nSPS) is 15.5. The molecule has 0 atom stereocenters. The van der Waals surface area contributed by atoms with Crippen molar-refractivity contribution in [2.45, 2.75) is 26.7 Å². The largest absolute Gasteiger partial charge is 0.350 e. The van der Waals surface area contributed by atoms with Gasteiger partial charge in [-0.3, -0.25) is 0 Å². The molecule has 0 spiro atoms. The van der Waals surface area contributed by atoms with Crippen molar-refractivity contribution in [1.82, 2.24) is 0 Å². The highest BCUT2D eigenvalue weighted by Gasteiger charge is 2.10. The van der Waals surface area contributed by atoms with Crippen LogP contribution in [-0.4, -0.2) is 0 Å². The van der Waals surface area contributed by atoms with Crippen molar-refractivity contribution in [3.8, 4) is 0 Å². The summed E-state index contributed by atoms with van der Waals surface area (Å²) in [6, 6.07) is 7.81. The Bertz CT molecular complexity index is 456. The smallest absolute Gasteiger partial charge is 0.0730 e. The number of thioether (sulfide) groups is 1. The molecule has 1 aliphatic rings. The third-order valence-corrected chi connectivity index (χ3v) is 4.20. The molecule has 0 saturated heterocycles. The fourth-order valence-electron chi connectivity index (χ4n) is 1.66. The molecule has 1 N–H and O–H groups in total. The first-order valence-electron chi connectivity index (χ1n) is 5.72. The van der Waals surface area contributed by atoms with E-state index in [9.17, 15) is 0 Å². The number of nitrogens with one attached hydrogen (secondary N) is 1. The third kappa shape index (κ3) is 3.55. The Morgan fingerprint density at radius 2 is 1.94 bits per heavy atom. The SMILES string of the molecule is CC(C)=C1CCC=C(Nc2ccc(Cl)cc2)S1. The van der Waals surface area contributed by atoms with E-state index < -0.39 is 0 Å². The molecule has 0 unspecified atom stereocenters. The second kappa shape index (κ2) is 5.65. The highest BCUT2D eigenvalue weighted by Crippen LogP contribution is 2.36. The number of anilines is 1. The van der Waals surface area contributed by atoms with Gasteiger partial charge in [-0.15, -0.1) is 0 Å². The fraction of sp³-hybridized carbons (Fsp3) is 0.286. The van der Waals surface area contributed by atoms with Gasteiger partial charge in [-0.1, -0.05) is 35.0 Å². The molecule has 90 valence electrons. The summed E-state index contributed by atoms with van der Waals surface area (Å²) in [6.45, 7) is 4.35. The van der Waals surface area contributed by atoms with Gasteiger partial charge in [0.05, 0.1) is 5.03 Å². The zero-order valence-corrected chi connectivity index (χ0v) is 11.7. The van der Waals surface area contributed by atoms with E-state index in [1.807, 2.05) is 36.0 Å². The molecule has 1 heterocycles. The standard InChI is InChI=1S/C14H16ClNS/c1-10(2)13-4-3-5-14(17-13)16-12-8-6-11(15)7-9-12/h5-9,16H,3-4H2,1-2H3. The highest BCUT2D eigenvalue weighted by molar-refractivity contribution is 8.06. The number of hydrogen-bond donors (Lipinski definition) is 1. The number of halogens is 1. The van der Waals surface area contributed by atoms with E-state index in [0.717, 1.165) is 17.1 Å². The first-order chi connectivity index (χ1) is 8.15. The third-order valence-electron chi connectivity index (χ3n) is 2.60. The second-order valence-electron chi connectivity index (χ2n) is 4.26. The van der Waals surface area contributed by atoms with Gasteiger partial charge < -0.3 is 5.32 Å². The molecule has 0 bridgehead atoms. The van der Waals surface area contributed by atoms with Crippen molar-refractivity contribution < 1.29 is 0 Å². The maximum atomic E-state index is 5.86. The van der Waals surface area contributed by atoms with Gasteiger partial charge in [-0.2, -0.15) is 0 Å². The van der Waals surface area contributed by atoms with Crippen molar-refractivity contribution in [3.63, 3.8) is 0 Å². The van der Waals surface area contributed by atoms with Crippen LogP contribution in [0.25, 0.3) is 0 Å². The van der Waals surface area contributed by atoms with E-state index in [1.54, 1.807) is 0 Å². The zero-order valence-electron chi connectivity index (χ0n) is 10.1. The van der Waals surface area contributed by atoms with Crippen LogP contribution in [0.3, 0.4) is 0 Å². The molecule has 1 aliphatic heterocycles. The summed E-state index contributed by atoms with van der Waals surface area (Å²) in [5.41, 5.74) is 2.50. The van der Waals surface area contributed by atoms with E-state index >= 15 is 0 Å². The molecule has 0 amide bonds. The molecule has 0 aromatic heterocycles. The topological polar surface area (TPSA) is 12.0 Å². The quantitative estimate of drug-likeness (QED) is 0.767. The Morgan fingerprint density at radius 3 is 2.59 bits per heavy atom. The van der Waals surface area contributed by atoms with Crippen LogP contribution >= 0.6 is 23.4 Å². The lowest BCUT2D eigenvalue weighted by Crippen LogP contribution is -2.00. The number of rotatable bonds is 2. The predicted octanol–water partition coefficient (Wildman–Crippen LogP) is 5.41. The minimum absolute atomic E-state index is 0.769. The molecular weight excluding hydrogens is 250 g/mol. The van der Waals surface area contributed by atoms with Crippen LogP contribution in [0.15, 0.2) is 45.8 Å². The maximum absolute atomic E-state index is 5.86. The molecule has 0 saturated carbocycles. The van der Waals surface area contributed by atoms with Gasteiger partial charge in [0.15, 0.2) is 0 Å². The van der Waals surface area contributed by atoms with Gasteiger partial charge in [-0.05, 0) is 55.9 Å². The summed E-state index contributed by atoms with van der Waals surface area (Å²) in [7, 11) is 0. The second-order valence-corrected chi connectivity index (χ2v) is 5.84. The van der Waals surface area contributed by atoms with Crippen LogP contribution < -0.4 is 5.32 Å². The van der Waals surface area contributed by atoms with Crippen molar-refractivity contribution >= 4 is 29.1 Å². The van der Waals surface area contributed by atoms with Crippen molar-refractivity contribution in [3.05, 3.63) is 50.9 Å². The van der Waals surface area contributed by atoms with E-state index in [1.165, 1.54) is 21.9 Å². The lowest BCUT2D eigenvalue weighted by molar-refractivity contribution is 1.00. The van der Waals surface area contributed by atoms with Crippen LogP contribution in [0.2, 0.25) is 5.02 Å². The van der Waals surface area contributed by atoms with Crippen molar-refractivity contribution in [2.24, 2.45) is 0 Å². The van der Waals surface area contributed by atoms with E-state index in [0.29, 0.717) is 0 Å². The van der Waals surface area contributed by atoms with Gasteiger partial charge in [0.25, 0.3) is 0 Å². The number of allylic oxidation sites excluding steroid dienone is 3. The molecule has 17 heavy (non-hydrogen) atoms. The van der Waals surface area contributed by atoms with Crippen molar-refractivity contribution in [2.75, 3.05) is 5.32 Å². The molecule has 0 fully saturated rings. The van der Waals surface area contributed by atoms with Gasteiger partial charge >= 0.3 is 0 Å². The van der Waals surface area contributed by atoms with Crippen LogP contribution in [0.5, 0.6) is 0 Å². The van der Waals surface area contributed by atoms with E-state index in [4.69, 9.17) is 11.6 Å². The average molecular weight is 266 g/mol. The van der Waals surface area contributed by atoms with Crippen molar-refractivity contribution in [1.29, 1.82) is 0 Å². The summed E-state index contributed by atoms with van der Waals surface area (Å²) in [6.07, 6.45) is 4.54. The lowest BCUT2D eigenvalue weighted by Gasteiger charge is -2.18. The molecular formula is C14H16ClNS. The Morgan fingerprint density at radius 1 is 1.24 bits per heavy atom. The Kier molecular flexibility index (Phi) is 4.19. The van der Waals surface area contributed by atoms with Gasteiger partial charge in [0.2, 0.25) is 0 Å². The first kappa shape index (κ1) is 12.6. The molecule has 1 nitrogen and oxygen atoms in total. The summed E-state index contributed by atoms with van der Waals surface area (Å²) in [4.78, 5) is 1.48. The van der Waals surface area contributed by atoms with Gasteiger partial charge in [0, 0.05) is 10.7 Å². The van der Waals surface area contributed by atoms with Crippen LogP contribution in [0, 0.1) is 0 Å². The zero-order chi connectivity index (χ0) is 12.3. The Hall–Kier alpha value is -0.860. The predicted molar refractivity (Wildman–Crippen MR) is 78.4 cm³/mol. The maximum Gasteiger partial charge on any atom is 0.0730 e. The van der Waals surface area contributed by atoms with Crippen LogP contribution in [-0.2, 0) is 0 Å².